The largest absolute Gasteiger partial charge is 0.494 e. The quantitative estimate of drug-likeness (QED) is 0.0300. The average Bonchev–Trinajstić information content (AvgIpc) is 0.901. The first kappa shape index (κ1) is 88.5. The van der Waals surface area contributed by atoms with Gasteiger partial charge in [-0.3, -0.25) is 33.5 Å². The number of aromatic nitrogens is 2. The number of hydrogen-bond donors (Lipinski definition) is 11. The van der Waals surface area contributed by atoms with Crippen LogP contribution in [0.5, 0.6) is 5.75 Å². The summed E-state index contributed by atoms with van der Waals surface area (Å²) < 4.78 is 45.5. The van der Waals surface area contributed by atoms with Crippen LogP contribution in [0.1, 0.15) is 94.3 Å². The molecule has 4 aliphatic rings. The van der Waals surface area contributed by atoms with Crippen LogP contribution < -0.4 is 78.2 Å². The molecular formula is C84H109N17O12S. The molecule has 0 atom stereocenters. The lowest BCUT2D eigenvalue weighted by atomic mass is 9.96. The van der Waals surface area contributed by atoms with E-state index in [0.29, 0.717) is 62.6 Å². The summed E-state index contributed by atoms with van der Waals surface area (Å²) in [5.74, 6) is 0.110. The van der Waals surface area contributed by atoms with E-state index in [1.807, 2.05) is 158 Å². The molecule has 1 aliphatic carbocycles. The van der Waals surface area contributed by atoms with Crippen LogP contribution in [-0.4, -0.2) is 174 Å². The molecule has 608 valence electrons. The molecule has 13 N–H and O–H groups in total. The number of pyridine rings is 1. The topological polar surface area (TPSA) is 376 Å². The van der Waals surface area contributed by atoms with Crippen LogP contribution in [0, 0.1) is 6.92 Å². The van der Waals surface area contributed by atoms with Crippen molar-refractivity contribution < 1.29 is 55.8 Å². The van der Waals surface area contributed by atoms with Gasteiger partial charge in [-0.2, -0.15) is 0 Å². The van der Waals surface area contributed by atoms with Crippen LogP contribution in [-0.2, 0) is 37.3 Å². The SMILES string of the molecule is CNc1cc(C(N)=O)cc(C(N)=O)c1.CNc1ccc(N2CCCOC2=O)c(C)c1.CNc1ccc(N2CCCOC2=O)c(OC)c1.CNc1cccc(-c2cnco2)c1.CNc1cccc(CNC(=O)NC2CCCCC2)c1.CNc1cccc(Cc2ccncc2)c1.CNc1cccc(N(CC(=O)N2CCC2)S(C)(=O)=O)c1. The van der Waals surface area contributed by atoms with Crippen molar-refractivity contribution in [3.63, 3.8) is 0 Å². The van der Waals surface area contributed by atoms with Crippen molar-refractivity contribution in [2.75, 3.05) is 160 Å². The van der Waals surface area contributed by atoms with Gasteiger partial charge in [0.1, 0.15) is 12.3 Å². The molecule has 114 heavy (non-hydrogen) atoms. The Kier molecular flexibility index (Phi) is 35.8. The third-order valence-electron chi connectivity index (χ3n) is 18.4. The minimum absolute atomic E-state index is 0.0539. The summed E-state index contributed by atoms with van der Waals surface area (Å²) in [7, 11) is 11.0. The fourth-order valence-corrected chi connectivity index (χ4v) is 12.9. The van der Waals surface area contributed by atoms with Crippen molar-refractivity contribution in [2.45, 2.75) is 77.3 Å². The first-order valence-electron chi connectivity index (χ1n) is 37.6. The predicted molar refractivity (Wildman–Crippen MR) is 455 cm³/mol. The Balaban J connectivity index is 0.000000185. The second kappa shape index (κ2) is 46.2. The normalized spacial score (nSPS) is 13.3. The number of urea groups is 1. The number of nitrogens with one attached hydrogen (secondary N) is 9. The number of benzene rings is 7. The molecule has 30 heteroatoms. The van der Waals surface area contributed by atoms with Gasteiger partial charge in [0.05, 0.1) is 49.8 Å². The number of oxazole rings is 1. The fraction of sp³-hybridized carbons (Fsp3) is 0.333. The number of amides is 7. The maximum Gasteiger partial charge on any atom is 0.414 e. The van der Waals surface area contributed by atoms with E-state index in [0.717, 1.165) is 124 Å². The van der Waals surface area contributed by atoms with Gasteiger partial charge in [0.15, 0.2) is 12.2 Å². The highest BCUT2D eigenvalue weighted by Crippen LogP contribution is 2.33. The van der Waals surface area contributed by atoms with Crippen molar-refractivity contribution in [1.29, 1.82) is 0 Å². The molecule has 3 aliphatic heterocycles. The summed E-state index contributed by atoms with van der Waals surface area (Å²) in [6, 6.07) is 51.9. The first-order valence-corrected chi connectivity index (χ1v) is 39.5. The molecule has 3 saturated heterocycles. The number of carbonyl (C=O) groups excluding carboxylic acids is 6. The highest BCUT2D eigenvalue weighted by atomic mass is 32.2. The summed E-state index contributed by atoms with van der Waals surface area (Å²) in [5, 5.41) is 27.1. The number of sulfonamides is 1. The number of carbonyl (C=O) groups is 6. The highest BCUT2D eigenvalue weighted by Gasteiger charge is 2.28. The van der Waals surface area contributed by atoms with Crippen LogP contribution in [0.4, 0.5) is 71.3 Å². The minimum atomic E-state index is -3.50. The zero-order chi connectivity index (χ0) is 82.4. The molecule has 0 spiro atoms. The second-order valence-corrected chi connectivity index (χ2v) is 28.4. The molecule has 7 aromatic carbocycles. The lowest BCUT2D eigenvalue weighted by Crippen LogP contribution is -2.48. The van der Waals surface area contributed by atoms with E-state index in [1.54, 1.807) is 72.4 Å². The van der Waals surface area contributed by atoms with Gasteiger partial charge in [-0.1, -0.05) is 61.7 Å². The Labute approximate surface area is 668 Å². The van der Waals surface area contributed by atoms with Crippen LogP contribution >= 0.6 is 0 Å². The van der Waals surface area contributed by atoms with E-state index in [-0.39, 0.29) is 41.8 Å². The van der Waals surface area contributed by atoms with Crippen molar-refractivity contribution in [1.82, 2.24) is 25.5 Å². The van der Waals surface area contributed by atoms with Gasteiger partial charge in [-0.15, -0.1) is 0 Å². The number of nitrogens with two attached hydrogens (primary N) is 2. The summed E-state index contributed by atoms with van der Waals surface area (Å²) in [4.78, 5) is 81.7. The van der Waals surface area contributed by atoms with Gasteiger partial charge in [-0.05, 0) is 183 Å². The van der Waals surface area contributed by atoms with Crippen molar-refractivity contribution in [3.8, 4) is 17.1 Å². The number of ether oxygens (including phenoxy) is 3. The van der Waals surface area contributed by atoms with E-state index in [4.69, 9.17) is 30.1 Å². The van der Waals surface area contributed by atoms with Crippen molar-refractivity contribution in [2.24, 2.45) is 11.5 Å². The van der Waals surface area contributed by atoms with Crippen LogP contribution in [0.2, 0.25) is 0 Å². The van der Waals surface area contributed by atoms with Gasteiger partial charge in [0.25, 0.3) is 0 Å². The summed E-state index contributed by atoms with van der Waals surface area (Å²) >= 11 is 0. The van der Waals surface area contributed by atoms with E-state index >= 15 is 0 Å². The Morgan fingerprint density at radius 1 is 0.544 bits per heavy atom. The number of primary amides is 2. The molecule has 1 saturated carbocycles. The lowest BCUT2D eigenvalue weighted by molar-refractivity contribution is -0.132. The number of cyclic esters (lactones) is 2. The Hall–Kier alpha value is -12.7. The molecular weight excluding hydrogens is 1470 g/mol. The van der Waals surface area contributed by atoms with Crippen LogP contribution in [0.25, 0.3) is 11.3 Å². The van der Waals surface area contributed by atoms with E-state index in [9.17, 15) is 37.2 Å². The maximum atomic E-state index is 12.0. The van der Waals surface area contributed by atoms with Crippen molar-refractivity contribution >= 4 is 103 Å². The van der Waals surface area contributed by atoms with Crippen LogP contribution in [0.3, 0.4) is 0 Å². The zero-order valence-electron chi connectivity index (χ0n) is 66.6. The molecule has 0 radical (unpaired) electrons. The monoisotopic (exact) mass is 1580 g/mol. The van der Waals surface area contributed by atoms with Crippen molar-refractivity contribution in [3.05, 3.63) is 222 Å². The van der Waals surface area contributed by atoms with Crippen LogP contribution in [0.15, 0.2) is 193 Å². The molecule has 7 amide bonds. The Morgan fingerprint density at radius 3 is 1.58 bits per heavy atom. The molecule has 29 nitrogen and oxygen atoms in total. The molecule has 4 fully saturated rings. The summed E-state index contributed by atoms with van der Waals surface area (Å²) in [6.07, 6.45) is 17.0. The number of methoxy groups -OCH3 is 1. The first-order chi connectivity index (χ1) is 55.0. The van der Waals surface area contributed by atoms with Gasteiger partial charge in [0, 0.05) is 163 Å². The minimum Gasteiger partial charge on any atom is -0.494 e. The standard InChI is InChI=1S/C15H23N3O.C13H19N3O3S.C13H14N2.C12H16N2O3.C12H16N2O2.C10H10N2O.C9H11N3O2/c1-16-14-9-5-6-12(10-14)11-17-15(19)18-13-7-3-2-4-8-13;1-14-11-5-3-6-12(9-11)16(20(2,18)19)10-13(17)15-7-4-8-15;1-14-13-4-2-3-12(10-13)9-11-5-7-15-8-6-11;1-13-9-4-5-10(11(8-9)16-2)14-6-3-7-17-12(14)15;1-9-8-10(13-2)4-5-11(9)14-6-3-7-16-12(14)15;1-11-9-4-2-3-8(5-9)10-6-12-7-13-10;1-12-7-3-5(8(10)13)2-6(4-7)9(11)14/h5-6,9-10,13,16H,2-4,7-8,11H2,1H3,(H2,17,18,19);3,5-6,9,14H,4,7-8,10H2,1-2H3;2-8,10,14H,9H2,1H3;4-5,8,13H,3,6-7H2,1-2H3;4-5,8,13H,3,6-7H2,1-2H3;2-7,11H,1H3;2-4,12H,1H3,(H2,10,13)(H2,11,14). The number of aryl methyl sites for hydroxylation is 1. The number of nitrogens with zero attached hydrogens (tertiary/aromatic N) is 6. The molecule has 0 bridgehead atoms. The molecule has 0 unspecified atom stereocenters. The smallest absolute Gasteiger partial charge is 0.414 e. The van der Waals surface area contributed by atoms with Gasteiger partial charge < -0.3 is 82.8 Å². The third-order valence-corrected chi connectivity index (χ3v) is 19.6. The maximum absolute atomic E-state index is 12.0. The molecule has 2 aromatic heterocycles. The average molecular weight is 1580 g/mol. The number of hydrogen-bond acceptors (Lipinski definition) is 21. The van der Waals surface area contributed by atoms with E-state index < -0.39 is 21.8 Å². The second-order valence-electron chi connectivity index (χ2n) is 26.5. The van der Waals surface area contributed by atoms with Gasteiger partial charge in [-0.25, -0.2) is 27.8 Å². The van der Waals surface area contributed by atoms with E-state index in [1.165, 1.54) is 42.8 Å². The Bertz CT molecular complexity index is 4630. The van der Waals surface area contributed by atoms with Gasteiger partial charge in [0.2, 0.25) is 27.7 Å². The third kappa shape index (κ3) is 28.5. The summed E-state index contributed by atoms with van der Waals surface area (Å²) in [5.41, 5.74) is 25.4. The number of likely N-dealkylation sites (tertiary alicyclic amines) is 1. The zero-order valence-corrected chi connectivity index (χ0v) is 67.5. The number of rotatable bonds is 22. The molecule has 13 rings (SSSR count). The summed E-state index contributed by atoms with van der Waals surface area (Å²) in [6.45, 7) is 6.26. The highest BCUT2D eigenvalue weighted by molar-refractivity contribution is 7.92. The van der Waals surface area contributed by atoms with E-state index in [2.05, 4.69) is 82.1 Å². The molecule has 5 heterocycles. The fourth-order valence-electron chi connectivity index (χ4n) is 12.0. The predicted octanol–water partition coefficient (Wildman–Crippen LogP) is 13.1. The molecule has 9 aromatic rings. The van der Waals surface area contributed by atoms with Gasteiger partial charge >= 0.3 is 18.2 Å². The Morgan fingerprint density at radius 2 is 1.06 bits per heavy atom. The number of anilines is 10. The lowest BCUT2D eigenvalue weighted by Gasteiger charge is -2.33.